The van der Waals surface area contributed by atoms with E-state index >= 15 is 0 Å². The summed E-state index contributed by atoms with van der Waals surface area (Å²) in [4.78, 5) is 16.5. The van der Waals surface area contributed by atoms with Crippen molar-refractivity contribution in [1.29, 1.82) is 0 Å². The van der Waals surface area contributed by atoms with Crippen LogP contribution in [0.15, 0.2) is 54.6 Å². The maximum Gasteiger partial charge on any atom is 0.234 e. The molecule has 1 amide bonds. The second kappa shape index (κ2) is 10.2. The summed E-state index contributed by atoms with van der Waals surface area (Å²) >= 11 is 0. The highest BCUT2D eigenvalue weighted by molar-refractivity contribution is 5.79. The van der Waals surface area contributed by atoms with Crippen LogP contribution >= 0.6 is 0 Å². The molecule has 0 unspecified atom stereocenters. The predicted octanol–water partition coefficient (Wildman–Crippen LogP) is 2.56. The fraction of sp³-hybridized carbons (Fsp3) is 0.435. The largest absolute Gasteiger partial charge is 0.494 e. The van der Waals surface area contributed by atoms with Crippen molar-refractivity contribution < 1.29 is 9.53 Å². The van der Waals surface area contributed by atoms with Gasteiger partial charge in [-0.1, -0.05) is 42.5 Å². The molecule has 1 saturated heterocycles. The molecule has 1 aliphatic heterocycles. The van der Waals surface area contributed by atoms with Gasteiger partial charge < -0.3 is 15.0 Å². The fourth-order valence-corrected chi connectivity index (χ4v) is 3.55. The van der Waals surface area contributed by atoms with Gasteiger partial charge in [0.25, 0.3) is 0 Å². The van der Waals surface area contributed by atoms with E-state index in [1.54, 1.807) is 0 Å². The Kier molecular flexibility index (Phi) is 7.46. The van der Waals surface area contributed by atoms with Gasteiger partial charge in [0.1, 0.15) is 5.75 Å². The molecule has 3 rings (SSSR count). The summed E-state index contributed by atoms with van der Waals surface area (Å²) in [7, 11) is 4.14. The van der Waals surface area contributed by atoms with Crippen molar-refractivity contribution in [1.82, 2.24) is 15.1 Å². The smallest absolute Gasteiger partial charge is 0.234 e. The van der Waals surface area contributed by atoms with E-state index in [-0.39, 0.29) is 11.9 Å². The quantitative estimate of drug-likeness (QED) is 0.678. The van der Waals surface area contributed by atoms with Gasteiger partial charge in [0, 0.05) is 25.7 Å². The van der Waals surface area contributed by atoms with Crippen LogP contribution in [0.2, 0.25) is 0 Å². The molecule has 1 N–H and O–H groups in total. The van der Waals surface area contributed by atoms with Gasteiger partial charge in [0.05, 0.1) is 13.2 Å². The zero-order valence-electron chi connectivity index (χ0n) is 16.9. The Morgan fingerprint density at radius 2 is 1.82 bits per heavy atom. The Hall–Kier alpha value is -2.37. The highest BCUT2D eigenvalue weighted by Crippen LogP contribution is 2.16. The van der Waals surface area contributed by atoms with Crippen LogP contribution < -0.4 is 10.1 Å². The average molecular weight is 382 g/mol. The van der Waals surface area contributed by atoms with Crippen molar-refractivity contribution in [3.05, 3.63) is 65.7 Å². The van der Waals surface area contributed by atoms with Crippen molar-refractivity contribution in [2.75, 3.05) is 40.3 Å². The van der Waals surface area contributed by atoms with Gasteiger partial charge in [-0.2, -0.15) is 0 Å². The molecule has 2 aromatic rings. The Labute approximate surface area is 168 Å². The number of carbonyl (C=O) groups is 1. The minimum Gasteiger partial charge on any atom is -0.494 e. The number of hydrogen-bond acceptors (Lipinski definition) is 4. The molecule has 0 spiro atoms. The molecule has 2 aromatic carbocycles. The van der Waals surface area contributed by atoms with Crippen LogP contribution in [0.1, 0.15) is 17.5 Å². The van der Waals surface area contributed by atoms with E-state index in [1.807, 2.05) is 30.3 Å². The third kappa shape index (κ3) is 6.66. The summed E-state index contributed by atoms with van der Waals surface area (Å²) in [5.74, 6) is 1.01. The maximum atomic E-state index is 12.1. The van der Waals surface area contributed by atoms with E-state index in [9.17, 15) is 4.79 Å². The lowest BCUT2D eigenvalue weighted by Gasteiger charge is -2.33. The molecule has 5 nitrogen and oxygen atoms in total. The number of rotatable bonds is 9. The summed E-state index contributed by atoms with van der Waals surface area (Å²) in [5, 5.41) is 3.12. The molecular weight excluding hydrogens is 350 g/mol. The molecule has 0 saturated carbocycles. The van der Waals surface area contributed by atoms with Crippen molar-refractivity contribution >= 4 is 5.91 Å². The number of amides is 1. The Morgan fingerprint density at radius 3 is 2.54 bits per heavy atom. The number of hydrogen-bond donors (Lipinski definition) is 1. The predicted molar refractivity (Wildman–Crippen MR) is 112 cm³/mol. The Balaban J connectivity index is 1.49. The van der Waals surface area contributed by atoms with Crippen LogP contribution in [0.4, 0.5) is 0 Å². The first-order valence-electron chi connectivity index (χ1n) is 10.0. The SMILES string of the molecule is CN(C)CCCOc1ccc(CN2CC(=O)N[C@@H](Cc3ccccc3)C2)cc1. The van der Waals surface area contributed by atoms with Crippen LogP contribution in [-0.2, 0) is 17.8 Å². The molecule has 0 aliphatic carbocycles. The summed E-state index contributed by atoms with van der Waals surface area (Å²) < 4.78 is 5.80. The topological polar surface area (TPSA) is 44.8 Å². The summed E-state index contributed by atoms with van der Waals surface area (Å²) in [6, 6.07) is 18.7. The first-order valence-corrected chi connectivity index (χ1v) is 10.0. The van der Waals surface area contributed by atoms with Crippen LogP contribution in [0.3, 0.4) is 0 Å². The molecule has 150 valence electrons. The number of carbonyl (C=O) groups excluding carboxylic acids is 1. The lowest BCUT2D eigenvalue weighted by Crippen LogP contribution is -2.54. The van der Waals surface area contributed by atoms with Gasteiger partial charge in [-0.3, -0.25) is 9.69 Å². The number of piperazine rings is 1. The van der Waals surface area contributed by atoms with E-state index < -0.39 is 0 Å². The van der Waals surface area contributed by atoms with Gasteiger partial charge in [-0.15, -0.1) is 0 Å². The molecule has 5 heteroatoms. The van der Waals surface area contributed by atoms with E-state index in [4.69, 9.17) is 4.74 Å². The number of nitrogens with one attached hydrogen (secondary N) is 1. The Bertz CT molecular complexity index is 731. The zero-order chi connectivity index (χ0) is 19.8. The van der Waals surface area contributed by atoms with Gasteiger partial charge in [0.15, 0.2) is 0 Å². The van der Waals surface area contributed by atoms with E-state index in [0.717, 1.165) is 44.8 Å². The number of ether oxygens (including phenoxy) is 1. The molecular formula is C23H31N3O2. The molecule has 0 bridgehead atoms. The van der Waals surface area contributed by atoms with Crippen LogP contribution in [0, 0.1) is 0 Å². The van der Waals surface area contributed by atoms with Crippen molar-refractivity contribution in [3.8, 4) is 5.75 Å². The molecule has 1 heterocycles. The van der Waals surface area contributed by atoms with Crippen molar-refractivity contribution in [2.45, 2.75) is 25.4 Å². The van der Waals surface area contributed by atoms with Gasteiger partial charge in [-0.25, -0.2) is 0 Å². The van der Waals surface area contributed by atoms with Gasteiger partial charge >= 0.3 is 0 Å². The average Bonchev–Trinajstić information content (AvgIpc) is 2.67. The third-order valence-corrected chi connectivity index (χ3v) is 4.88. The second-order valence-electron chi connectivity index (χ2n) is 7.77. The Morgan fingerprint density at radius 1 is 1.07 bits per heavy atom. The van der Waals surface area contributed by atoms with Crippen molar-refractivity contribution in [2.24, 2.45) is 0 Å². The van der Waals surface area contributed by atoms with Crippen LogP contribution in [-0.4, -0.2) is 62.1 Å². The monoisotopic (exact) mass is 381 g/mol. The fourth-order valence-electron chi connectivity index (χ4n) is 3.55. The maximum absolute atomic E-state index is 12.1. The number of benzene rings is 2. The standard InChI is InChI=1S/C23H31N3O2/c1-25(2)13-6-14-28-22-11-9-20(10-12-22)16-26-17-21(24-23(27)18-26)15-19-7-4-3-5-8-19/h3-5,7-12,21H,6,13-18H2,1-2H3,(H,24,27)/t21-/m0/s1. The highest BCUT2D eigenvalue weighted by atomic mass is 16.5. The highest BCUT2D eigenvalue weighted by Gasteiger charge is 2.24. The van der Waals surface area contributed by atoms with E-state index in [2.05, 4.69) is 53.5 Å². The molecule has 1 atom stereocenters. The van der Waals surface area contributed by atoms with Crippen molar-refractivity contribution in [3.63, 3.8) is 0 Å². The van der Waals surface area contributed by atoms with E-state index in [0.29, 0.717) is 6.54 Å². The van der Waals surface area contributed by atoms with Gasteiger partial charge in [-0.05, 0) is 50.2 Å². The molecule has 0 radical (unpaired) electrons. The summed E-state index contributed by atoms with van der Waals surface area (Å²) in [6.45, 7) is 3.85. The molecule has 0 aromatic heterocycles. The van der Waals surface area contributed by atoms with Gasteiger partial charge in [0.2, 0.25) is 5.91 Å². The zero-order valence-corrected chi connectivity index (χ0v) is 16.9. The third-order valence-electron chi connectivity index (χ3n) is 4.88. The molecule has 28 heavy (non-hydrogen) atoms. The lowest BCUT2D eigenvalue weighted by molar-refractivity contribution is -0.125. The molecule has 1 fully saturated rings. The first kappa shape index (κ1) is 20.4. The van der Waals surface area contributed by atoms with E-state index in [1.165, 1.54) is 11.1 Å². The number of nitrogens with zero attached hydrogens (tertiary/aromatic N) is 2. The minimum atomic E-state index is 0.105. The van der Waals surface area contributed by atoms with Crippen LogP contribution in [0.5, 0.6) is 5.75 Å². The van der Waals surface area contributed by atoms with Crippen LogP contribution in [0.25, 0.3) is 0 Å². The normalized spacial score (nSPS) is 17.5. The lowest BCUT2D eigenvalue weighted by atomic mass is 10.0. The first-order chi connectivity index (χ1) is 13.6. The second-order valence-corrected chi connectivity index (χ2v) is 7.77. The minimum absolute atomic E-state index is 0.105. The summed E-state index contributed by atoms with van der Waals surface area (Å²) in [6.07, 6.45) is 1.88. The molecule has 1 aliphatic rings. The summed E-state index contributed by atoms with van der Waals surface area (Å²) in [5.41, 5.74) is 2.46.